The molecule has 3 rings (SSSR count). The third-order valence-corrected chi connectivity index (χ3v) is 3.44. The molecular weight excluding hydrogens is 244 g/mol. The standard InChI is InChI=1S/C18H14N2/c1-2-18(20-15-9-14-19-20,16-10-5-3-6-11-16)17-12-7-4-8-13-17/h1,3-15H. The molecule has 3 aromatic rings. The van der Waals surface area contributed by atoms with Crippen molar-refractivity contribution in [1.82, 2.24) is 9.78 Å². The number of nitrogens with zero attached hydrogens (tertiary/aromatic N) is 2. The Morgan fingerprint density at radius 2 is 1.40 bits per heavy atom. The first-order chi connectivity index (χ1) is 9.88. The van der Waals surface area contributed by atoms with Gasteiger partial charge in [-0.3, -0.25) is 0 Å². The average molecular weight is 258 g/mol. The molecule has 1 heterocycles. The highest BCUT2D eigenvalue weighted by Crippen LogP contribution is 2.32. The second-order valence-electron chi connectivity index (χ2n) is 4.54. The van der Waals surface area contributed by atoms with E-state index in [-0.39, 0.29) is 0 Å². The molecule has 1 aromatic heterocycles. The number of benzene rings is 2. The van der Waals surface area contributed by atoms with Gasteiger partial charge in [-0.2, -0.15) is 5.10 Å². The highest BCUT2D eigenvalue weighted by molar-refractivity contribution is 5.47. The summed E-state index contributed by atoms with van der Waals surface area (Å²) >= 11 is 0. The lowest BCUT2D eigenvalue weighted by molar-refractivity contribution is 0.494. The maximum atomic E-state index is 5.95. The molecular formula is C18H14N2. The normalized spacial score (nSPS) is 10.9. The molecule has 0 amide bonds. The summed E-state index contributed by atoms with van der Waals surface area (Å²) in [5.41, 5.74) is 1.33. The van der Waals surface area contributed by atoms with Crippen molar-refractivity contribution < 1.29 is 0 Å². The van der Waals surface area contributed by atoms with Crippen LogP contribution in [0.25, 0.3) is 0 Å². The maximum Gasteiger partial charge on any atom is 0.172 e. The Labute approximate surface area is 118 Å². The topological polar surface area (TPSA) is 17.8 Å². The molecule has 20 heavy (non-hydrogen) atoms. The van der Waals surface area contributed by atoms with Crippen LogP contribution in [0.1, 0.15) is 11.1 Å². The molecule has 96 valence electrons. The van der Waals surface area contributed by atoms with Crippen LogP contribution in [-0.4, -0.2) is 9.78 Å². The third-order valence-electron chi connectivity index (χ3n) is 3.44. The van der Waals surface area contributed by atoms with Gasteiger partial charge in [0, 0.05) is 12.4 Å². The minimum Gasteiger partial charge on any atom is -0.245 e. The number of hydrogen-bond donors (Lipinski definition) is 0. The summed E-state index contributed by atoms with van der Waals surface area (Å²) in [5, 5.41) is 4.39. The van der Waals surface area contributed by atoms with E-state index in [0.29, 0.717) is 0 Å². The van der Waals surface area contributed by atoms with Crippen molar-refractivity contribution in [3.63, 3.8) is 0 Å². The summed E-state index contributed by atoms with van der Waals surface area (Å²) < 4.78 is 1.83. The molecule has 0 unspecified atom stereocenters. The summed E-state index contributed by atoms with van der Waals surface area (Å²) in [4.78, 5) is 0. The van der Waals surface area contributed by atoms with Crippen LogP contribution in [0, 0.1) is 12.3 Å². The second kappa shape index (κ2) is 5.07. The van der Waals surface area contributed by atoms with E-state index < -0.39 is 5.54 Å². The Kier molecular flexibility index (Phi) is 3.10. The molecule has 2 aromatic carbocycles. The van der Waals surface area contributed by atoms with Gasteiger partial charge >= 0.3 is 0 Å². The summed E-state index contributed by atoms with van der Waals surface area (Å²) in [6, 6.07) is 22.0. The Balaban J connectivity index is 2.31. The molecule has 0 aliphatic rings. The molecule has 0 atom stereocenters. The van der Waals surface area contributed by atoms with Crippen LogP contribution in [0.5, 0.6) is 0 Å². The zero-order valence-corrected chi connectivity index (χ0v) is 11.0. The summed E-state index contributed by atoms with van der Waals surface area (Å²) in [6.07, 6.45) is 9.60. The van der Waals surface area contributed by atoms with Crippen molar-refractivity contribution >= 4 is 0 Å². The summed E-state index contributed by atoms with van der Waals surface area (Å²) in [5.74, 6) is 2.95. The lowest BCUT2D eigenvalue weighted by Gasteiger charge is -2.30. The second-order valence-corrected chi connectivity index (χ2v) is 4.54. The minimum absolute atomic E-state index is 0.716. The monoisotopic (exact) mass is 258 g/mol. The summed E-state index contributed by atoms with van der Waals surface area (Å²) in [6.45, 7) is 0. The van der Waals surface area contributed by atoms with Gasteiger partial charge in [0.05, 0.1) is 0 Å². The molecule has 0 radical (unpaired) electrons. The van der Waals surface area contributed by atoms with Gasteiger partial charge in [0.2, 0.25) is 0 Å². The van der Waals surface area contributed by atoms with Crippen molar-refractivity contribution in [3.8, 4) is 12.3 Å². The summed E-state index contributed by atoms with van der Waals surface area (Å²) in [7, 11) is 0. The van der Waals surface area contributed by atoms with Gasteiger partial charge in [0.15, 0.2) is 5.54 Å². The van der Waals surface area contributed by atoms with Gasteiger partial charge in [-0.25, -0.2) is 4.68 Å². The minimum atomic E-state index is -0.716. The van der Waals surface area contributed by atoms with E-state index in [1.807, 2.05) is 77.6 Å². The highest BCUT2D eigenvalue weighted by Gasteiger charge is 2.34. The van der Waals surface area contributed by atoms with Gasteiger partial charge in [-0.15, -0.1) is 6.42 Å². The number of rotatable bonds is 3. The van der Waals surface area contributed by atoms with Crippen LogP contribution >= 0.6 is 0 Å². The Hall–Kier alpha value is -2.79. The molecule has 0 saturated heterocycles. The fourth-order valence-electron chi connectivity index (χ4n) is 2.49. The van der Waals surface area contributed by atoms with Gasteiger partial charge in [0.1, 0.15) is 0 Å². The number of aromatic nitrogens is 2. The van der Waals surface area contributed by atoms with E-state index in [1.54, 1.807) is 6.20 Å². The molecule has 0 aliphatic heterocycles. The SMILES string of the molecule is C#CC(c1ccccc1)(c1ccccc1)n1cccn1. The van der Waals surface area contributed by atoms with Crippen LogP contribution < -0.4 is 0 Å². The fraction of sp³-hybridized carbons (Fsp3) is 0.0556. The average Bonchev–Trinajstić information content (AvgIpc) is 3.06. The smallest absolute Gasteiger partial charge is 0.172 e. The first-order valence-electron chi connectivity index (χ1n) is 6.47. The van der Waals surface area contributed by atoms with Crippen LogP contribution in [-0.2, 0) is 5.54 Å². The molecule has 0 N–H and O–H groups in total. The van der Waals surface area contributed by atoms with Crippen LogP contribution in [0.2, 0.25) is 0 Å². The van der Waals surface area contributed by atoms with Crippen molar-refractivity contribution in [2.24, 2.45) is 0 Å². The van der Waals surface area contributed by atoms with Gasteiger partial charge in [0.25, 0.3) is 0 Å². The Morgan fingerprint density at radius 3 is 1.80 bits per heavy atom. The molecule has 0 aliphatic carbocycles. The van der Waals surface area contributed by atoms with Crippen LogP contribution in [0.4, 0.5) is 0 Å². The van der Waals surface area contributed by atoms with Crippen LogP contribution in [0.15, 0.2) is 79.1 Å². The largest absolute Gasteiger partial charge is 0.245 e. The van der Waals surface area contributed by atoms with E-state index in [2.05, 4.69) is 11.0 Å². The molecule has 0 fully saturated rings. The Morgan fingerprint density at radius 1 is 0.850 bits per heavy atom. The Bertz CT molecular complexity index is 668. The van der Waals surface area contributed by atoms with Crippen molar-refractivity contribution in [1.29, 1.82) is 0 Å². The predicted octanol–water partition coefficient (Wildman–Crippen LogP) is 3.31. The van der Waals surface area contributed by atoms with Crippen LogP contribution in [0.3, 0.4) is 0 Å². The van der Waals surface area contributed by atoms with Crippen molar-refractivity contribution in [2.45, 2.75) is 5.54 Å². The predicted molar refractivity (Wildman–Crippen MR) is 80.1 cm³/mol. The molecule has 0 bridgehead atoms. The lowest BCUT2D eigenvalue weighted by atomic mass is 9.83. The quantitative estimate of drug-likeness (QED) is 0.659. The van der Waals surface area contributed by atoms with Gasteiger partial charge in [-0.1, -0.05) is 66.6 Å². The van der Waals surface area contributed by atoms with Gasteiger partial charge in [-0.05, 0) is 17.2 Å². The molecule has 0 saturated carbocycles. The molecule has 2 nitrogen and oxygen atoms in total. The zero-order valence-electron chi connectivity index (χ0n) is 11.0. The van der Waals surface area contributed by atoms with Gasteiger partial charge < -0.3 is 0 Å². The number of terminal acetylenes is 1. The van der Waals surface area contributed by atoms with Crippen molar-refractivity contribution in [3.05, 3.63) is 90.3 Å². The first-order valence-corrected chi connectivity index (χ1v) is 6.47. The third kappa shape index (κ3) is 1.81. The van der Waals surface area contributed by atoms with E-state index in [9.17, 15) is 0 Å². The highest BCUT2D eigenvalue weighted by atomic mass is 15.3. The molecule has 0 spiro atoms. The van der Waals surface area contributed by atoms with E-state index in [1.165, 1.54) is 0 Å². The lowest BCUT2D eigenvalue weighted by Crippen LogP contribution is -2.35. The van der Waals surface area contributed by atoms with E-state index in [4.69, 9.17) is 6.42 Å². The number of hydrogen-bond acceptors (Lipinski definition) is 1. The molecule has 2 heteroatoms. The maximum absolute atomic E-state index is 5.95. The zero-order chi connectivity index (χ0) is 13.8. The van der Waals surface area contributed by atoms with E-state index >= 15 is 0 Å². The first kappa shape index (κ1) is 12.3. The fourth-order valence-corrected chi connectivity index (χ4v) is 2.49. The van der Waals surface area contributed by atoms with Crippen molar-refractivity contribution in [2.75, 3.05) is 0 Å². The van der Waals surface area contributed by atoms with E-state index in [0.717, 1.165) is 11.1 Å².